The fourth-order valence-corrected chi connectivity index (χ4v) is 3.03. The number of pyridine rings is 1. The molecule has 1 amide bonds. The number of nitrogens with zero attached hydrogens (tertiary/aromatic N) is 3. The minimum absolute atomic E-state index is 0.286. The van der Waals surface area contributed by atoms with Crippen LogP contribution in [0.15, 0.2) is 30.3 Å². The quantitative estimate of drug-likeness (QED) is 0.739. The molecule has 0 unspecified atom stereocenters. The van der Waals surface area contributed by atoms with Gasteiger partial charge in [0.05, 0.1) is 12.6 Å². The molecule has 0 radical (unpaired) electrons. The van der Waals surface area contributed by atoms with Crippen LogP contribution in [0.4, 0.5) is 5.13 Å². The Bertz CT molecular complexity index is 863. The maximum Gasteiger partial charge on any atom is 0.276 e. The van der Waals surface area contributed by atoms with E-state index in [4.69, 9.17) is 4.74 Å². The number of amides is 1. The van der Waals surface area contributed by atoms with E-state index in [2.05, 4.69) is 27.4 Å². The molecule has 0 saturated heterocycles. The van der Waals surface area contributed by atoms with E-state index in [-0.39, 0.29) is 5.91 Å². The Kier molecular flexibility index (Phi) is 5.00. The number of fused-ring (bicyclic) bond motifs is 1. The van der Waals surface area contributed by atoms with Crippen LogP contribution >= 0.6 is 11.3 Å². The van der Waals surface area contributed by atoms with Crippen molar-refractivity contribution in [2.75, 3.05) is 12.4 Å². The van der Waals surface area contributed by atoms with Gasteiger partial charge in [0.1, 0.15) is 16.5 Å². The summed E-state index contributed by atoms with van der Waals surface area (Å²) in [6, 6.07) is 9.08. The molecule has 2 aromatic heterocycles. The Labute approximate surface area is 143 Å². The summed E-state index contributed by atoms with van der Waals surface area (Å²) < 4.78 is 5.19. The first-order valence-electron chi connectivity index (χ1n) is 7.78. The highest BCUT2D eigenvalue weighted by Gasteiger charge is 2.12. The van der Waals surface area contributed by atoms with Crippen LogP contribution in [0.1, 0.15) is 35.3 Å². The van der Waals surface area contributed by atoms with Crippen LogP contribution in [0, 0.1) is 0 Å². The number of methoxy groups -OCH3 is 1. The Balaban J connectivity index is 1.74. The predicted molar refractivity (Wildman–Crippen MR) is 94.8 cm³/mol. The van der Waals surface area contributed by atoms with Crippen molar-refractivity contribution in [3.05, 3.63) is 41.0 Å². The van der Waals surface area contributed by atoms with Crippen molar-refractivity contribution in [3.8, 4) is 5.75 Å². The van der Waals surface area contributed by atoms with Gasteiger partial charge < -0.3 is 4.74 Å². The topological polar surface area (TPSA) is 77.0 Å². The van der Waals surface area contributed by atoms with Crippen molar-refractivity contribution in [3.63, 3.8) is 0 Å². The summed E-state index contributed by atoms with van der Waals surface area (Å²) in [6.07, 6.45) is 3.06. The van der Waals surface area contributed by atoms with Gasteiger partial charge in [-0.25, -0.2) is 4.98 Å². The van der Waals surface area contributed by atoms with Crippen LogP contribution in [-0.4, -0.2) is 28.2 Å². The fourth-order valence-electron chi connectivity index (χ4n) is 2.25. The number of aromatic nitrogens is 3. The maximum absolute atomic E-state index is 12.3. The minimum atomic E-state index is -0.286. The van der Waals surface area contributed by atoms with Crippen LogP contribution in [0.25, 0.3) is 10.9 Å². The fraction of sp³-hybridized carbons (Fsp3) is 0.294. The molecule has 124 valence electrons. The Morgan fingerprint density at radius 2 is 2.12 bits per heavy atom. The van der Waals surface area contributed by atoms with E-state index in [1.165, 1.54) is 11.3 Å². The summed E-state index contributed by atoms with van der Waals surface area (Å²) >= 11 is 1.41. The molecule has 3 aromatic rings. The number of hydrogen-bond donors (Lipinski definition) is 1. The van der Waals surface area contributed by atoms with Crippen LogP contribution < -0.4 is 10.1 Å². The Morgan fingerprint density at radius 1 is 1.25 bits per heavy atom. The van der Waals surface area contributed by atoms with Crippen LogP contribution in [0.3, 0.4) is 0 Å². The average molecular weight is 342 g/mol. The molecule has 0 saturated carbocycles. The average Bonchev–Trinajstić information content (AvgIpc) is 3.06. The Morgan fingerprint density at radius 3 is 2.92 bits per heavy atom. The molecule has 3 rings (SSSR count). The summed E-state index contributed by atoms with van der Waals surface area (Å²) in [7, 11) is 1.62. The maximum atomic E-state index is 12.3. The molecule has 0 bridgehead atoms. The molecule has 6 nitrogen and oxygen atoms in total. The lowest BCUT2D eigenvalue weighted by atomic mass is 10.2. The molecule has 0 fully saturated rings. The van der Waals surface area contributed by atoms with Gasteiger partial charge in [-0.1, -0.05) is 30.7 Å². The molecule has 1 aromatic carbocycles. The molecule has 2 heterocycles. The third-order valence-electron chi connectivity index (χ3n) is 3.56. The molecule has 0 spiro atoms. The lowest BCUT2D eigenvalue weighted by Crippen LogP contribution is -2.13. The molecule has 0 aliphatic heterocycles. The van der Waals surface area contributed by atoms with Crippen molar-refractivity contribution in [2.24, 2.45) is 0 Å². The molecule has 24 heavy (non-hydrogen) atoms. The zero-order valence-electron chi connectivity index (χ0n) is 13.6. The minimum Gasteiger partial charge on any atom is -0.497 e. The number of hydrogen-bond acceptors (Lipinski definition) is 6. The van der Waals surface area contributed by atoms with E-state index in [0.29, 0.717) is 10.8 Å². The molecule has 0 aliphatic rings. The Hall–Kier alpha value is -2.54. The summed E-state index contributed by atoms with van der Waals surface area (Å²) in [5, 5.41) is 13.2. The molecular formula is C17H18N4O2S. The van der Waals surface area contributed by atoms with Gasteiger partial charge in [-0.05, 0) is 30.7 Å². The summed E-state index contributed by atoms with van der Waals surface area (Å²) in [5.41, 5.74) is 1.09. The molecular weight excluding hydrogens is 324 g/mol. The van der Waals surface area contributed by atoms with Gasteiger partial charge in [0.15, 0.2) is 0 Å². The van der Waals surface area contributed by atoms with Gasteiger partial charge in [0.2, 0.25) is 5.13 Å². The third kappa shape index (κ3) is 3.68. The van der Waals surface area contributed by atoms with E-state index < -0.39 is 0 Å². The number of carbonyl (C=O) groups excluding carboxylic acids is 1. The standard InChI is InChI=1S/C17H18N4O2S/c1-3-4-5-15-20-21-17(24-15)19-16(22)14-8-6-11-10-12(23-2)7-9-13(11)18-14/h6-10H,3-5H2,1-2H3,(H,19,21,22). The first kappa shape index (κ1) is 16.3. The predicted octanol–water partition coefficient (Wildman–Crippen LogP) is 3.69. The summed E-state index contributed by atoms with van der Waals surface area (Å²) in [5.74, 6) is 0.473. The van der Waals surface area contributed by atoms with Gasteiger partial charge in [-0.3, -0.25) is 10.1 Å². The first-order valence-corrected chi connectivity index (χ1v) is 8.60. The van der Waals surface area contributed by atoms with Crippen LogP contribution in [0.2, 0.25) is 0 Å². The molecule has 7 heteroatoms. The van der Waals surface area contributed by atoms with E-state index in [1.54, 1.807) is 13.2 Å². The van der Waals surface area contributed by atoms with Gasteiger partial charge >= 0.3 is 0 Å². The second kappa shape index (κ2) is 7.35. The number of nitrogens with one attached hydrogen (secondary N) is 1. The first-order chi connectivity index (χ1) is 11.7. The number of aryl methyl sites for hydroxylation is 1. The zero-order chi connectivity index (χ0) is 16.9. The lowest BCUT2D eigenvalue weighted by Gasteiger charge is -2.04. The van der Waals surface area contributed by atoms with Crippen molar-refractivity contribution in [1.82, 2.24) is 15.2 Å². The summed E-state index contributed by atoms with van der Waals surface area (Å²) in [4.78, 5) is 16.7. The van der Waals surface area contributed by atoms with Crippen molar-refractivity contribution in [2.45, 2.75) is 26.2 Å². The largest absolute Gasteiger partial charge is 0.497 e. The highest BCUT2D eigenvalue weighted by atomic mass is 32.1. The van der Waals surface area contributed by atoms with Gasteiger partial charge in [-0.15, -0.1) is 10.2 Å². The van der Waals surface area contributed by atoms with E-state index in [9.17, 15) is 4.79 Å². The van der Waals surface area contributed by atoms with Crippen molar-refractivity contribution in [1.29, 1.82) is 0 Å². The normalized spacial score (nSPS) is 10.8. The number of anilines is 1. The van der Waals surface area contributed by atoms with Gasteiger partial charge in [0, 0.05) is 11.8 Å². The summed E-state index contributed by atoms with van der Waals surface area (Å²) in [6.45, 7) is 2.13. The highest BCUT2D eigenvalue weighted by Crippen LogP contribution is 2.21. The van der Waals surface area contributed by atoms with Gasteiger partial charge in [0.25, 0.3) is 5.91 Å². The van der Waals surface area contributed by atoms with Crippen molar-refractivity contribution < 1.29 is 9.53 Å². The van der Waals surface area contributed by atoms with Gasteiger partial charge in [-0.2, -0.15) is 0 Å². The van der Waals surface area contributed by atoms with E-state index in [1.807, 2.05) is 24.3 Å². The smallest absolute Gasteiger partial charge is 0.276 e. The second-order valence-electron chi connectivity index (χ2n) is 5.31. The van der Waals surface area contributed by atoms with E-state index in [0.717, 1.165) is 40.9 Å². The number of benzene rings is 1. The van der Waals surface area contributed by atoms with E-state index >= 15 is 0 Å². The second-order valence-corrected chi connectivity index (χ2v) is 6.38. The van der Waals surface area contributed by atoms with Crippen molar-refractivity contribution >= 4 is 33.3 Å². The lowest BCUT2D eigenvalue weighted by molar-refractivity contribution is 0.102. The SMILES string of the molecule is CCCCc1nnc(NC(=O)c2ccc3cc(OC)ccc3n2)s1. The highest BCUT2D eigenvalue weighted by molar-refractivity contribution is 7.15. The molecule has 0 atom stereocenters. The monoisotopic (exact) mass is 342 g/mol. The van der Waals surface area contributed by atoms with Crippen LogP contribution in [-0.2, 0) is 6.42 Å². The molecule has 0 aliphatic carbocycles. The zero-order valence-corrected chi connectivity index (χ0v) is 14.4. The number of carbonyl (C=O) groups is 1. The number of unbranched alkanes of at least 4 members (excludes halogenated alkanes) is 1. The number of rotatable bonds is 6. The van der Waals surface area contributed by atoms with Crippen LogP contribution in [0.5, 0.6) is 5.75 Å². The third-order valence-corrected chi connectivity index (χ3v) is 4.46. The molecule has 1 N–H and O–H groups in total. The number of ether oxygens (including phenoxy) is 1.